The van der Waals surface area contributed by atoms with Crippen LogP contribution in [0.1, 0.15) is 52.4 Å². The SMILES string of the molecule is CCN(CC)C(=O)CCCN1CCCCC1CC(=O)O. The van der Waals surface area contributed by atoms with Crippen LogP contribution in [0.2, 0.25) is 0 Å². The number of hydrogen-bond donors (Lipinski definition) is 1. The second-order valence-electron chi connectivity index (χ2n) is 5.45. The monoisotopic (exact) mass is 284 g/mol. The smallest absolute Gasteiger partial charge is 0.304 e. The molecule has 1 unspecified atom stereocenters. The lowest BCUT2D eigenvalue weighted by Crippen LogP contribution is -2.41. The average molecular weight is 284 g/mol. The van der Waals surface area contributed by atoms with Crippen LogP contribution in [0, 0.1) is 0 Å². The molecule has 0 spiro atoms. The van der Waals surface area contributed by atoms with E-state index in [1.165, 1.54) is 0 Å². The predicted octanol–water partition coefficient (Wildman–Crippen LogP) is 1.96. The summed E-state index contributed by atoms with van der Waals surface area (Å²) in [6.45, 7) is 7.33. The molecule has 0 aromatic carbocycles. The van der Waals surface area contributed by atoms with E-state index in [4.69, 9.17) is 5.11 Å². The summed E-state index contributed by atoms with van der Waals surface area (Å²) < 4.78 is 0. The van der Waals surface area contributed by atoms with Gasteiger partial charge in [-0.15, -0.1) is 0 Å². The highest BCUT2D eigenvalue weighted by atomic mass is 16.4. The first-order valence-electron chi connectivity index (χ1n) is 7.82. The lowest BCUT2D eigenvalue weighted by Gasteiger charge is -2.35. The van der Waals surface area contributed by atoms with Crippen LogP contribution in [0.5, 0.6) is 0 Å². The van der Waals surface area contributed by atoms with E-state index in [2.05, 4.69) is 4.90 Å². The van der Waals surface area contributed by atoms with Crippen LogP contribution in [-0.4, -0.2) is 59.0 Å². The lowest BCUT2D eigenvalue weighted by molar-refractivity contribution is -0.139. The van der Waals surface area contributed by atoms with E-state index < -0.39 is 5.97 Å². The van der Waals surface area contributed by atoms with Crippen molar-refractivity contribution in [2.75, 3.05) is 26.2 Å². The topological polar surface area (TPSA) is 60.9 Å². The van der Waals surface area contributed by atoms with E-state index in [1.807, 2.05) is 18.7 Å². The Kier molecular flexibility index (Phi) is 7.59. The van der Waals surface area contributed by atoms with Crippen LogP contribution in [0.4, 0.5) is 0 Å². The van der Waals surface area contributed by atoms with E-state index in [0.717, 1.165) is 51.9 Å². The first-order valence-corrected chi connectivity index (χ1v) is 7.82. The van der Waals surface area contributed by atoms with Crippen LogP contribution < -0.4 is 0 Å². The largest absolute Gasteiger partial charge is 0.481 e. The molecule has 1 aliphatic rings. The summed E-state index contributed by atoms with van der Waals surface area (Å²) in [5, 5.41) is 8.95. The Hall–Kier alpha value is -1.10. The highest BCUT2D eigenvalue weighted by Gasteiger charge is 2.24. The maximum absolute atomic E-state index is 11.9. The number of carboxylic acid groups (broad SMARTS) is 1. The molecule has 1 atom stereocenters. The number of amides is 1. The summed E-state index contributed by atoms with van der Waals surface area (Å²) in [5.41, 5.74) is 0. The number of hydrogen-bond acceptors (Lipinski definition) is 3. The molecule has 1 heterocycles. The van der Waals surface area contributed by atoms with Crippen LogP contribution in [0.3, 0.4) is 0 Å². The molecule has 0 saturated carbocycles. The Morgan fingerprint density at radius 2 is 1.95 bits per heavy atom. The molecule has 0 bridgehead atoms. The number of carbonyl (C=O) groups is 2. The first-order chi connectivity index (χ1) is 9.58. The van der Waals surface area contributed by atoms with Gasteiger partial charge in [0, 0.05) is 25.6 Å². The maximum atomic E-state index is 11.9. The fraction of sp³-hybridized carbons (Fsp3) is 0.867. The number of carboxylic acids is 1. The predicted molar refractivity (Wildman–Crippen MR) is 78.6 cm³/mol. The summed E-state index contributed by atoms with van der Waals surface area (Å²) in [6.07, 6.45) is 4.84. The normalized spacial score (nSPS) is 19.8. The van der Waals surface area contributed by atoms with E-state index in [0.29, 0.717) is 6.42 Å². The Labute approximate surface area is 121 Å². The van der Waals surface area contributed by atoms with Crippen molar-refractivity contribution >= 4 is 11.9 Å². The summed E-state index contributed by atoms with van der Waals surface area (Å²) in [5.74, 6) is -0.511. The molecule has 1 rings (SSSR count). The molecule has 0 aliphatic carbocycles. The highest BCUT2D eigenvalue weighted by molar-refractivity contribution is 5.76. The van der Waals surface area contributed by atoms with Gasteiger partial charge in [-0.1, -0.05) is 6.42 Å². The molecule has 1 saturated heterocycles. The van der Waals surface area contributed by atoms with Gasteiger partial charge in [-0.25, -0.2) is 0 Å². The van der Waals surface area contributed by atoms with Crippen LogP contribution in [-0.2, 0) is 9.59 Å². The molecule has 20 heavy (non-hydrogen) atoms. The van der Waals surface area contributed by atoms with Crippen molar-refractivity contribution in [3.05, 3.63) is 0 Å². The fourth-order valence-electron chi connectivity index (χ4n) is 2.95. The van der Waals surface area contributed by atoms with E-state index >= 15 is 0 Å². The van der Waals surface area contributed by atoms with Gasteiger partial charge in [0.25, 0.3) is 0 Å². The van der Waals surface area contributed by atoms with Crippen molar-refractivity contribution in [2.45, 2.75) is 58.4 Å². The van der Waals surface area contributed by atoms with Crippen LogP contribution in [0.25, 0.3) is 0 Å². The highest BCUT2D eigenvalue weighted by Crippen LogP contribution is 2.20. The number of aliphatic carboxylic acids is 1. The molecular formula is C15H28N2O3. The van der Waals surface area contributed by atoms with Crippen molar-refractivity contribution in [1.29, 1.82) is 0 Å². The van der Waals surface area contributed by atoms with Gasteiger partial charge in [0.15, 0.2) is 0 Å². The third-order valence-corrected chi connectivity index (χ3v) is 4.11. The minimum absolute atomic E-state index is 0.157. The molecule has 5 nitrogen and oxygen atoms in total. The van der Waals surface area contributed by atoms with Crippen molar-refractivity contribution in [3.63, 3.8) is 0 Å². The molecule has 1 amide bonds. The molecule has 0 radical (unpaired) electrons. The zero-order valence-electron chi connectivity index (χ0n) is 12.8. The Bertz CT molecular complexity index is 316. The molecule has 116 valence electrons. The van der Waals surface area contributed by atoms with Crippen molar-refractivity contribution in [2.24, 2.45) is 0 Å². The fourth-order valence-corrected chi connectivity index (χ4v) is 2.95. The lowest BCUT2D eigenvalue weighted by atomic mass is 9.99. The summed E-state index contributed by atoms with van der Waals surface area (Å²) >= 11 is 0. The number of carbonyl (C=O) groups excluding carboxylic acids is 1. The minimum atomic E-state index is -0.721. The number of nitrogens with zero attached hydrogens (tertiary/aromatic N) is 2. The van der Waals surface area contributed by atoms with E-state index in [1.54, 1.807) is 0 Å². The molecule has 1 N–H and O–H groups in total. The van der Waals surface area contributed by atoms with Crippen molar-refractivity contribution in [1.82, 2.24) is 9.80 Å². The molecule has 0 aromatic heterocycles. The van der Waals surface area contributed by atoms with Gasteiger partial charge in [-0.05, 0) is 46.2 Å². The van der Waals surface area contributed by atoms with Gasteiger partial charge >= 0.3 is 5.97 Å². The average Bonchev–Trinajstić information content (AvgIpc) is 2.41. The maximum Gasteiger partial charge on any atom is 0.304 e. The van der Waals surface area contributed by atoms with Gasteiger partial charge < -0.3 is 10.0 Å². The van der Waals surface area contributed by atoms with Crippen molar-refractivity contribution in [3.8, 4) is 0 Å². The number of rotatable bonds is 8. The zero-order chi connectivity index (χ0) is 15.0. The van der Waals surface area contributed by atoms with E-state index in [-0.39, 0.29) is 18.4 Å². The van der Waals surface area contributed by atoms with Crippen LogP contribution >= 0.6 is 0 Å². The summed E-state index contributed by atoms with van der Waals surface area (Å²) in [7, 11) is 0. The quantitative estimate of drug-likeness (QED) is 0.740. The third kappa shape index (κ3) is 5.49. The first kappa shape index (κ1) is 17.0. The van der Waals surface area contributed by atoms with Crippen molar-refractivity contribution < 1.29 is 14.7 Å². The zero-order valence-corrected chi connectivity index (χ0v) is 12.8. The number of piperidine rings is 1. The van der Waals surface area contributed by atoms with Gasteiger partial charge in [0.1, 0.15) is 0 Å². The second-order valence-corrected chi connectivity index (χ2v) is 5.45. The molecule has 5 heteroatoms. The van der Waals surface area contributed by atoms with E-state index in [9.17, 15) is 9.59 Å². The summed E-state index contributed by atoms with van der Waals surface area (Å²) in [4.78, 5) is 26.9. The standard InChI is InChI=1S/C15H28N2O3/c1-3-16(4-2)14(18)9-7-11-17-10-6-5-8-13(17)12-15(19)20/h13H,3-12H2,1-2H3,(H,19,20). The summed E-state index contributed by atoms with van der Waals surface area (Å²) in [6, 6.07) is 0.157. The van der Waals surface area contributed by atoms with Gasteiger partial charge in [0.05, 0.1) is 6.42 Å². The minimum Gasteiger partial charge on any atom is -0.481 e. The van der Waals surface area contributed by atoms with Crippen LogP contribution in [0.15, 0.2) is 0 Å². The molecule has 1 aliphatic heterocycles. The number of likely N-dealkylation sites (tertiary alicyclic amines) is 1. The van der Waals surface area contributed by atoms with Gasteiger partial charge in [-0.2, -0.15) is 0 Å². The molecule has 1 fully saturated rings. The Morgan fingerprint density at radius 1 is 1.25 bits per heavy atom. The van der Waals surface area contributed by atoms with Gasteiger partial charge in [-0.3, -0.25) is 14.5 Å². The molecular weight excluding hydrogens is 256 g/mol. The molecule has 0 aromatic rings. The Balaban J connectivity index is 2.34. The van der Waals surface area contributed by atoms with Gasteiger partial charge in [0.2, 0.25) is 5.91 Å². The Morgan fingerprint density at radius 3 is 2.55 bits per heavy atom. The third-order valence-electron chi connectivity index (χ3n) is 4.11. The second kappa shape index (κ2) is 8.95.